The smallest absolute Gasteiger partial charge is 0.230 e. The fourth-order valence-corrected chi connectivity index (χ4v) is 2.77. The maximum Gasteiger partial charge on any atom is 0.230 e. The molecular weight excluding hydrogens is 290 g/mol. The van der Waals surface area contributed by atoms with Crippen molar-refractivity contribution in [3.8, 4) is 0 Å². The topological polar surface area (TPSA) is 29.1 Å². The first-order chi connectivity index (χ1) is 8.50. The molecule has 0 saturated heterocycles. The molecule has 0 spiro atoms. The highest BCUT2D eigenvalue weighted by atomic mass is 79.9. The molecule has 0 heterocycles. The van der Waals surface area contributed by atoms with E-state index in [1.54, 1.807) is 0 Å². The highest BCUT2D eigenvalue weighted by molar-refractivity contribution is 9.09. The number of alkyl halides is 1. The molecular formula is C15H20BrNO. The zero-order valence-electron chi connectivity index (χ0n) is 11.0. The summed E-state index contributed by atoms with van der Waals surface area (Å²) in [6, 6.07) is 9.95. The first-order valence-electron chi connectivity index (χ1n) is 6.40. The van der Waals surface area contributed by atoms with Crippen LogP contribution in [0.25, 0.3) is 0 Å². The van der Waals surface area contributed by atoms with E-state index in [0.29, 0.717) is 5.41 Å². The second-order valence-corrected chi connectivity index (χ2v) is 6.37. The summed E-state index contributed by atoms with van der Waals surface area (Å²) in [6.45, 7) is 4.74. The molecule has 1 aromatic carbocycles. The Labute approximate surface area is 117 Å². The molecule has 0 aliphatic heterocycles. The number of amides is 1. The van der Waals surface area contributed by atoms with E-state index < -0.39 is 5.41 Å². The lowest BCUT2D eigenvalue weighted by atomic mass is 9.83. The fraction of sp³-hybridized carbons (Fsp3) is 0.533. The summed E-state index contributed by atoms with van der Waals surface area (Å²) in [5.41, 5.74) is 0.915. The SMILES string of the molecule is CC(C)(C(=O)NCC1(CBr)CC1)c1ccccc1. The minimum Gasteiger partial charge on any atom is -0.355 e. The highest BCUT2D eigenvalue weighted by Gasteiger charge is 2.42. The molecule has 1 fully saturated rings. The summed E-state index contributed by atoms with van der Waals surface area (Å²) in [4.78, 5) is 12.3. The van der Waals surface area contributed by atoms with E-state index in [0.717, 1.165) is 17.4 Å². The Kier molecular flexibility index (Phi) is 3.81. The minimum absolute atomic E-state index is 0.112. The van der Waals surface area contributed by atoms with E-state index >= 15 is 0 Å². The van der Waals surface area contributed by atoms with Gasteiger partial charge in [-0.2, -0.15) is 0 Å². The van der Waals surface area contributed by atoms with E-state index in [-0.39, 0.29) is 5.91 Å². The maximum absolute atomic E-state index is 12.3. The Bertz CT molecular complexity index is 423. The van der Waals surface area contributed by atoms with Gasteiger partial charge >= 0.3 is 0 Å². The number of nitrogens with one attached hydrogen (secondary N) is 1. The molecule has 1 aliphatic rings. The number of halogens is 1. The van der Waals surface area contributed by atoms with Crippen LogP contribution in [0, 0.1) is 5.41 Å². The molecule has 1 aromatic rings. The van der Waals surface area contributed by atoms with Gasteiger partial charge in [0.15, 0.2) is 0 Å². The van der Waals surface area contributed by atoms with Crippen molar-refractivity contribution in [3.63, 3.8) is 0 Å². The van der Waals surface area contributed by atoms with Gasteiger partial charge in [-0.05, 0) is 37.7 Å². The maximum atomic E-state index is 12.3. The third kappa shape index (κ3) is 2.77. The number of carbonyl (C=O) groups is 1. The molecule has 1 amide bonds. The van der Waals surface area contributed by atoms with E-state index in [2.05, 4.69) is 21.2 Å². The Balaban J connectivity index is 1.99. The fourth-order valence-electron chi connectivity index (χ4n) is 2.01. The summed E-state index contributed by atoms with van der Waals surface area (Å²) in [6.07, 6.45) is 2.43. The molecule has 0 bridgehead atoms. The second-order valence-electron chi connectivity index (χ2n) is 5.81. The van der Waals surface area contributed by atoms with Gasteiger partial charge in [0.1, 0.15) is 0 Å². The molecule has 1 aliphatic carbocycles. The molecule has 3 heteroatoms. The van der Waals surface area contributed by atoms with Gasteiger partial charge in [-0.15, -0.1) is 0 Å². The van der Waals surface area contributed by atoms with Crippen molar-refractivity contribution in [2.24, 2.45) is 5.41 Å². The third-order valence-electron chi connectivity index (χ3n) is 3.93. The molecule has 1 saturated carbocycles. The van der Waals surface area contributed by atoms with Crippen LogP contribution in [-0.4, -0.2) is 17.8 Å². The van der Waals surface area contributed by atoms with Crippen LogP contribution in [0.15, 0.2) is 30.3 Å². The molecule has 0 aromatic heterocycles. The van der Waals surface area contributed by atoms with Gasteiger partial charge in [0, 0.05) is 11.9 Å². The molecule has 18 heavy (non-hydrogen) atoms. The zero-order valence-corrected chi connectivity index (χ0v) is 12.6. The Morgan fingerprint density at radius 1 is 1.33 bits per heavy atom. The number of benzene rings is 1. The highest BCUT2D eigenvalue weighted by Crippen LogP contribution is 2.46. The van der Waals surface area contributed by atoms with Crippen LogP contribution in [0.4, 0.5) is 0 Å². The third-order valence-corrected chi connectivity index (χ3v) is 5.12. The molecule has 0 radical (unpaired) electrons. The summed E-state index contributed by atoms with van der Waals surface area (Å²) in [5, 5.41) is 4.08. The standard InChI is InChI=1S/C15H20BrNO/c1-14(2,12-6-4-3-5-7-12)13(18)17-11-15(10-16)8-9-15/h3-7H,8-11H2,1-2H3,(H,17,18). The van der Waals surface area contributed by atoms with Crippen molar-refractivity contribution in [3.05, 3.63) is 35.9 Å². The van der Waals surface area contributed by atoms with Crippen molar-refractivity contribution in [1.29, 1.82) is 0 Å². The lowest BCUT2D eigenvalue weighted by molar-refractivity contribution is -0.125. The first-order valence-corrected chi connectivity index (χ1v) is 7.52. The predicted molar refractivity (Wildman–Crippen MR) is 77.9 cm³/mol. The van der Waals surface area contributed by atoms with Crippen LogP contribution in [0.3, 0.4) is 0 Å². The van der Waals surface area contributed by atoms with Crippen molar-refractivity contribution in [2.45, 2.75) is 32.1 Å². The minimum atomic E-state index is -0.469. The van der Waals surface area contributed by atoms with Crippen LogP contribution in [0.1, 0.15) is 32.3 Å². The van der Waals surface area contributed by atoms with Gasteiger partial charge in [-0.25, -0.2) is 0 Å². The quantitative estimate of drug-likeness (QED) is 0.831. The second kappa shape index (κ2) is 5.04. The average Bonchev–Trinajstić information content (AvgIpc) is 3.17. The predicted octanol–water partition coefficient (Wildman–Crippen LogP) is 3.26. The molecule has 2 rings (SSSR count). The Morgan fingerprint density at radius 2 is 1.94 bits per heavy atom. The first kappa shape index (κ1) is 13.6. The molecule has 98 valence electrons. The molecule has 2 nitrogen and oxygen atoms in total. The van der Waals surface area contributed by atoms with Gasteiger partial charge in [-0.1, -0.05) is 46.3 Å². The monoisotopic (exact) mass is 309 g/mol. The summed E-state index contributed by atoms with van der Waals surface area (Å²) >= 11 is 3.53. The zero-order chi connectivity index (χ0) is 13.2. The lowest BCUT2D eigenvalue weighted by Crippen LogP contribution is -2.42. The summed E-state index contributed by atoms with van der Waals surface area (Å²) in [7, 11) is 0. The number of carbonyl (C=O) groups excluding carboxylic acids is 1. The van der Waals surface area contributed by atoms with Crippen LogP contribution >= 0.6 is 15.9 Å². The largest absolute Gasteiger partial charge is 0.355 e. The average molecular weight is 310 g/mol. The number of hydrogen-bond acceptors (Lipinski definition) is 1. The summed E-state index contributed by atoms with van der Waals surface area (Å²) in [5.74, 6) is 0.112. The Hall–Kier alpha value is -0.830. The van der Waals surface area contributed by atoms with Gasteiger partial charge in [-0.3, -0.25) is 4.79 Å². The normalized spacial score (nSPS) is 17.3. The van der Waals surface area contributed by atoms with E-state index in [1.807, 2.05) is 44.2 Å². The van der Waals surface area contributed by atoms with Crippen LogP contribution < -0.4 is 5.32 Å². The lowest BCUT2D eigenvalue weighted by Gasteiger charge is -2.25. The van der Waals surface area contributed by atoms with Gasteiger partial charge < -0.3 is 5.32 Å². The van der Waals surface area contributed by atoms with E-state index in [4.69, 9.17) is 0 Å². The van der Waals surface area contributed by atoms with Crippen molar-refractivity contribution in [2.75, 3.05) is 11.9 Å². The van der Waals surface area contributed by atoms with Crippen LogP contribution in [0.2, 0.25) is 0 Å². The molecule has 1 N–H and O–H groups in total. The molecule has 0 atom stereocenters. The summed E-state index contributed by atoms with van der Waals surface area (Å²) < 4.78 is 0. The van der Waals surface area contributed by atoms with Gasteiger partial charge in [0.2, 0.25) is 5.91 Å². The van der Waals surface area contributed by atoms with Crippen LogP contribution in [0.5, 0.6) is 0 Å². The number of hydrogen-bond donors (Lipinski definition) is 1. The van der Waals surface area contributed by atoms with Crippen LogP contribution in [-0.2, 0) is 10.2 Å². The molecule has 0 unspecified atom stereocenters. The van der Waals surface area contributed by atoms with E-state index in [9.17, 15) is 4.79 Å². The Morgan fingerprint density at radius 3 is 2.44 bits per heavy atom. The number of rotatable bonds is 5. The van der Waals surface area contributed by atoms with Gasteiger partial charge in [0.25, 0.3) is 0 Å². The van der Waals surface area contributed by atoms with Crippen molar-refractivity contribution >= 4 is 21.8 Å². The van der Waals surface area contributed by atoms with Crippen molar-refractivity contribution < 1.29 is 4.79 Å². The van der Waals surface area contributed by atoms with E-state index in [1.165, 1.54) is 12.8 Å². The van der Waals surface area contributed by atoms with Gasteiger partial charge in [0.05, 0.1) is 5.41 Å². The van der Waals surface area contributed by atoms with Crippen molar-refractivity contribution in [1.82, 2.24) is 5.32 Å².